The van der Waals surface area contributed by atoms with Crippen LogP contribution in [0.4, 0.5) is 33.5 Å². The van der Waals surface area contributed by atoms with Crippen LogP contribution in [0, 0.1) is 11.6 Å². The Balaban J connectivity index is 1.66. The zero-order chi connectivity index (χ0) is 30.9. The van der Waals surface area contributed by atoms with Gasteiger partial charge in [0, 0.05) is 54.8 Å². The van der Waals surface area contributed by atoms with Crippen molar-refractivity contribution >= 4 is 38.3 Å². The molecule has 1 aliphatic heterocycles. The fourth-order valence-electron chi connectivity index (χ4n) is 4.37. The maximum Gasteiger partial charge on any atom is 0.493 e. The summed E-state index contributed by atoms with van der Waals surface area (Å²) in [5.41, 5.74) is -0.221. The molecule has 4 aromatic rings. The lowest BCUT2D eigenvalue weighted by atomic mass is 10.0. The second kappa shape index (κ2) is 11.6. The number of piperazine rings is 1. The summed E-state index contributed by atoms with van der Waals surface area (Å²) in [6, 6.07) is 7.32. The van der Waals surface area contributed by atoms with Gasteiger partial charge in [0.05, 0.1) is 13.3 Å². The molecule has 43 heavy (non-hydrogen) atoms. The van der Waals surface area contributed by atoms with E-state index in [1.54, 1.807) is 24.4 Å². The van der Waals surface area contributed by atoms with Gasteiger partial charge < -0.3 is 19.8 Å². The monoisotopic (exact) mass is 624 g/mol. The largest absolute Gasteiger partial charge is 0.493 e. The van der Waals surface area contributed by atoms with Crippen molar-refractivity contribution in [2.75, 3.05) is 42.7 Å². The maximum atomic E-state index is 14.6. The molecule has 2 aromatic heterocycles. The standard InChI is InChI=1S/C26H21F5N6O5S/c1-41-24-21(37(42-25(38)26(29,30)31)43(39,40)22-5-4-18(27)12-20(22)28)11-17(13-33-24)15-2-3-16-14-34-35-23(19(16)10-15)36-8-6-32-7-9-36/h2-5,10-14,32H,6-9H2,1H3. The highest BCUT2D eigenvalue weighted by Crippen LogP contribution is 2.37. The summed E-state index contributed by atoms with van der Waals surface area (Å²) in [5.74, 6) is -5.74. The Bertz CT molecular complexity index is 1800. The molecule has 0 bridgehead atoms. The highest BCUT2D eigenvalue weighted by atomic mass is 32.2. The predicted molar refractivity (Wildman–Crippen MR) is 143 cm³/mol. The molecule has 1 fully saturated rings. The molecule has 0 saturated carbocycles. The number of benzene rings is 2. The Hall–Kier alpha value is -4.64. The number of carbonyl (C=O) groups is 1. The zero-order valence-corrected chi connectivity index (χ0v) is 22.9. The molecule has 1 aliphatic rings. The molecule has 11 nitrogen and oxygen atoms in total. The van der Waals surface area contributed by atoms with Crippen molar-refractivity contribution in [3.8, 4) is 17.0 Å². The third-order valence-corrected chi connectivity index (χ3v) is 8.00. The Labute approximate surface area is 240 Å². The number of carbonyl (C=O) groups excluding carboxylic acids is 1. The fraction of sp³-hybridized carbons (Fsp3) is 0.231. The maximum absolute atomic E-state index is 14.6. The van der Waals surface area contributed by atoms with Crippen LogP contribution >= 0.6 is 0 Å². The Morgan fingerprint density at radius 2 is 1.77 bits per heavy atom. The molecule has 0 radical (unpaired) electrons. The lowest BCUT2D eigenvalue weighted by Crippen LogP contribution is -2.44. The average molecular weight is 625 g/mol. The van der Waals surface area contributed by atoms with Crippen LogP contribution in [0.2, 0.25) is 0 Å². The highest BCUT2D eigenvalue weighted by Gasteiger charge is 2.46. The van der Waals surface area contributed by atoms with Crippen LogP contribution in [0.5, 0.6) is 5.88 Å². The lowest BCUT2D eigenvalue weighted by Gasteiger charge is -2.28. The van der Waals surface area contributed by atoms with Crippen molar-refractivity contribution in [1.82, 2.24) is 20.5 Å². The molecule has 1 saturated heterocycles. The number of aromatic nitrogens is 3. The molecule has 17 heteroatoms. The van der Waals surface area contributed by atoms with Gasteiger partial charge in [-0.25, -0.2) is 18.6 Å². The normalized spacial score (nSPS) is 14.0. The summed E-state index contributed by atoms with van der Waals surface area (Å²) in [6.45, 7) is 2.76. The summed E-state index contributed by atoms with van der Waals surface area (Å²) in [5, 5.41) is 13.0. The van der Waals surface area contributed by atoms with E-state index in [1.165, 1.54) is 6.20 Å². The first-order valence-electron chi connectivity index (χ1n) is 12.4. The van der Waals surface area contributed by atoms with E-state index in [0.717, 1.165) is 31.7 Å². The van der Waals surface area contributed by atoms with Gasteiger partial charge in [0.1, 0.15) is 16.5 Å². The van der Waals surface area contributed by atoms with Gasteiger partial charge in [-0.15, -0.1) is 5.10 Å². The molecule has 2 aromatic carbocycles. The quantitative estimate of drug-likeness (QED) is 0.241. The van der Waals surface area contributed by atoms with Crippen LogP contribution in [0.1, 0.15) is 0 Å². The summed E-state index contributed by atoms with van der Waals surface area (Å²) in [6.07, 6.45) is -2.85. The average Bonchev–Trinajstić information content (AvgIpc) is 2.98. The number of hydrogen-bond acceptors (Lipinski definition) is 10. The third kappa shape index (κ3) is 5.98. The number of rotatable bonds is 7. The molecule has 3 heterocycles. The summed E-state index contributed by atoms with van der Waals surface area (Å²) in [7, 11) is -4.41. The van der Waals surface area contributed by atoms with Gasteiger partial charge in [-0.2, -0.15) is 26.7 Å². The Morgan fingerprint density at radius 1 is 1.02 bits per heavy atom. The predicted octanol–water partition coefficient (Wildman–Crippen LogP) is 3.60. The Kier molecular flexibility index (Phi) is 8.02. The fourth-order valence-corrected chi connectivity index (χ4v) is 5.65. The zero-order valence-electron chi connectivity index (χ0n) is 22.1. The number of halogens is 5. The number of sulfonamides is 1. The molecule has 0 spiro atoms. The minimum atomic E-state index is -5.65. The van der Waals surface area contributed by atoms with Crippen LogP contribution in [0.25, 0.3) is 21.9 Å². The van der Waals surface area contributed by atoms with Gasteiger partial charge in [-0.3, -0.25) is 0 Å². The molecule has 5 rings (SSSR count). The number of anilines is 2. The van der Waals surface area contributed by atoms with Crippen LogP contribution in [0.15, 0.2) is 59.8 Å². The van der Waals surface area contributed by atoms with Crippen LogP contribution < -0.4 is 19.4 Å². The topological polar surface area (TPSA) is 127 Å². The molecule has 1 N–H and O–H groups in total. The smallest absolute Gasteiger partial charge is 0.479 e. The van der Waals surface area contributed by atoms with Crippen molar-refractivity contribution in [2.24, 2.45) is 0 Å². The number of fused-ring (bicyclic) bond motifs is 1. The van der Waals surface area contributed by atoms with Gasteiger partial charge in [0.25, 0.3) is 10.0 Å². The van der Waals surface area contributed by atoms with Crippen LogP contribution in [0.3, 0.4) is 0 Å². The molecule has 0 amide bonds. The van der Waals surface area contributed by atoms with E-state index in [4.69, 9.17) is 4.74 Å². The second-order valence-electron chi connectivity index (χ2n) is 9.14. The minimum absolute atomic E-state index is 0.156. The molecule has 0 atom stereocenters. The van der Waals surface area contributed by atoms with E-state index in [1.807, 2.05) is 4.90 Å². The SMILES string of the molecule is COc1ncc(-c2ccc3cnnc(N4CCNCC4)c3c2)cc1N(OC(=O)C(F)(F)F)S(=O)(=O)c1ccc(F)cc1F. The van der Waals surface area contributed by atoms with Crippen molar-refractivity contribution in [3.63, 3.8) is 0 Å². The van der Waals surface area contributed by atoms with Gasteiger partial charge in [0.2, 0.25) is 5.88 Å². The van der Waals surface area contributed by atoms with E-state index in [0.29, 0.717) is 42.0 Å². The van der Waals surface area contributed by atoms with Crippen LogP contribution in [-0.4, -0.2) is 69.0 Å². The van der Waals surface area contributed by atoms with Crippen molar-refractivity contribution < 1.29 is 44.7 Å². The molecule has 0 aliphatic carbocycles. The summed E-state index contributed by atoms with van der Waals surface area (Å²) in [4.78, 5) is 20.9. The number of ether oxygens (including phenoxy) is 1. The minimum Gasteiger partial charge on any atom is -0.479 e. The third-order valence-electron chi connectivity index (χ3n) is 6.40. The van der Waals surface area contributed by atoms with Crippen LogP contribution in [-0.2, 0) is 19.7 Å². The number of nitrogens with zero attached hydrogens (tertiary/aromatic N) is 5. The molecule has 226 valence electrons. The van der Waals surface area contributed by atoms with Gasteiger partial charge in [-0.1, -0.05) is 16.6 Å². The van der Waals surface area contributed by atoms with Crippen molar-refractivity contribution in [2.45, 2.75) is 11.1 Å². The molecule has 0 unspecified atom stereocenters. The van der Waals surface area contributed by atoms with E-state index in [2.05, 4.69) is 25.3 Å². The summed E-state index contributed by atoms with van der Waals surface area (Å²) < 4.78 is 99.3. The van der Waals surface area contributed by atoms with E-state index < -0.39 is 54.7 Å². The van der Waals surface area contributed by atoms with E-state index in [9.17, 15) is 35.2 Å². The second-order valence-corrected chi connectivity index (χ2v) is 10.9. The lowest BCUT2D eigenvalue weighted by molar-refractivity contribution is -0.199. The van der Waals surface area contributed by atoms with E-state index >= 15 is 0 Å². The Morgan fingerprint density at radius 3 is 2.44 bits per heavy atom. The van der Waals surface area contributed by atoms with Crippen molar-refractivity contribution in [1.29, 1.82) is 0 Å². The number of alkyl halides is 3. The first-order chi connectivity index (χ1) is 20.4. The van der Waals surface area contributed by atoms with Gasteiger partial charge in [-0.05, 0) is 29.8 Å². The summed E-state index contributed by atoms with van der Waals surface area (Å²) >= 11 is 0. The molecular formula is C26H21F5N6O5S. The van der Waals surface area contributed by atoms with Gasteiger partial charge >= 0.3 is 12.1 Å². The highest BCUT2D eigenvalue weighted by molar-refractivity contribution is 7.92. The van der Waals surface area contributed by atoms with Gasteiger partial charge in [0.15, 0.2) is 11.5 Å². The van der Waals surface area contributed by atoms with E-state index in [-0.39, 0.29) is 11.6 Å². The first kappa shape index (κ1) is 29.8. The number of methoxy groups -OCH3 is 1. The first-order valence-corrected chi connectivity index (χ1v) is 13.9. The number of nitrogens with one attached hydrogen (secondary N) is 1. The van der Waals surface area contributed by atoms with Crippen molar-refractivity contribution in [3.05, 3.63) is 66.5 Å². The number of hydrogen-bond donors (Lipinski definition) is 1. The molecular weight excluding hydrogens is 603 g/mol. The number of pyridine rings is 1.